The molecule has 40 heavy (non-hydrogen) atoms. The highest BCUT2D eigenvalue weighted by Gasteiger charge is 2.45. The van der Waals surface area contributed by atoms with Crippen molar-refractivity contribution in [2.24, 2.45) is 20.8 Å². The number of nitrogen functional groups attached to an aromatic ring is 1. The average Bonchev–Trinajstić information content (AvgIpc) is 3.75. The summed E-state index contributed by atoms with van der Waals surface area (Å²) in [6.07, 6.45) is 6.95. The summed E-state index contributed by atoms with van der Waals surface area (Å²) in [6.45, 7) is 0.555. The molecular formula is C25H21N12O3+. The van der Waals surface area contributed by atoms with Gasteiger partial charge in [0, 0.05) is 6.54 Å². The van der Waals surface area contributed by atoms with Crippen LogP contribution in [0.25, 0.3) is 17.4 Å². The first-order valence-corrected chi connectivity index (χ1v) is 12.2. The molecule has 0 aliphatic carbocycles. The predicted octanol–water partition coefficient (Wildman–Crippen LogP) is 2.34. The molecule has 5 aromatic rings. The van der Waals surface area contributed by atoms with Crippen molar-refractivity contribution in [2.45, 2.75) is 6.42 Å². The number of hydroxylamine groups is 2. The lowest BCUT2D eigenvalue weighted by Gasteiger charge is -2.23. The maximum atomic E-state index is 6.16. The van der Waals surface area contributed by atoms with E-state index in [1.165, 1.54) is 10.9 Å². The largest absolute Gasteiger partial charge is 0.461 e. The summed E-state index contributed by atoms with van der Waals surface area (Å²) in [5.74, 6) is 3.96. The van der Waals surface area contributed by atoms with Crippen LogP contribution in [0, 0.1) is 0 Å². The third kappa shape index (κ3) is 4.21. The van der Waals surface area contributed by atoms with E-state index in [1.807, 2.05) is 24.3 Å². The van der Waals surface area contributed by atoms with E-state index in [0.717, 1.165) is 5.56 Å². The number of nitrogens with zero attached hydrogens (tertiary/aromatic N) is 9. The highest BCUT2D eigenvalue weighted by atomic mass is 16.8. The van der Waals surface area contributed by atoms with Crippen LogP contribution in [0.15, 0.2) is 96.9 Å². The van der Waals surface area contributed by atoms with Gasteiger partial charge in [0.15, 0.2) is 23.1 Å². The molecule has 0 saturated carbocycles. The topological polar surface area (TPSA) is 193 Å². The molecule has 0 amide bonds. The number of fused-ring (bicyclic) bond motifs is 2. The standard InChI is InChI=1S/C25H21N12O3/c26-19-13-20-30-21(17-3-1-11-38-17)29-14-37(20,35-19)40-16-7-5-15(6-8-16)9-10-28-24-32-23(27)36-25(33-24)31-22(34-36)18-4-2-12-39-18/h1-8,11-14H,9-10H2,(H2,26,35)(H3,27,28,31,32,33,34)/q+1. The minimum Gasteiger partial charge on any atom is -0.461 e. The summed E-state index contributed by atoms with van der Waals surface area (Å²) < 4.78 is 11.7. The molecule has 0 fully saturated rings. The van der Waals surface area contributed by atoms with E-state index in [9.17, 15) is 0 Å². The zero-order chi connectivity index (χ0) is 27.1. The Morgan fingerprint density at radius 1 is 0.950 bits per heavy atom. The Balaban J connectivity index is 1.00. The molecule has 2 aliphatic heterocycles. The molecule has 0 radical (unpaired) electrons. The number of anilines is 2. The molecule has 7 rings (SSSR count). The number of nitrogens with two attached hydrogens (primary N) is 2. The summed E-state index contributed by atoms with van der Waals surface area (Å²) in [7, 11) is 0. The van der Waals surface area contributed by atoms with Crippen molar-refractivity contribution >= 4 is 35.7 Å². The van der Waals surface area contributed by atoms with Gasteiger partial charge in [-0.2, -0.15) is 29.5 Å². The lowest BCUT2D eigenvalue weighted by atomic mass is 10.1. The SMILES string of the molecule is NC1=N[N+]2(Oc3ccc(CCNc4nc(N)n5nc(-c6ccco6)nc5n4)cc3)C=NC(c3ccco3)=NC2=C1. The molecule has 5 N–H and O–H groups in total. The second-order valence-electron chi connectivity index (χ2n) is 8.75. The Morgan fingerprint density at radius 2 is 1.75 bits per heavy atom. The monoisotopic (exact) mass is 537 g/mol. The quantitative estimate of drug-likeness (QED) is 0.247. The first-order chi connectivity index (χ1) is 19.5. The molecule has 0 bridgehead atoms. The van der Waals surface area contributed by atoms with E-state index in [1.54, 1.807) is 42.9 Å². The van der Waals surface area contributed by atoms with Crippen LogP contribution in [0.5, 0.6) is 5.75 Å². The van der Waals surface area contributed by atoms with Crippen LogP contribution in [-0.4, -0.2) is 53.9 Å². The van der Waals surface area contributed by atoms with Gasteiger partial charge in [-0.05, 0) is 53.5 Å². The van der Waals surface area contributed by atoms with Gasteiger partial charge < -0.3 is 25.6 Å². The van der Waals surface area contributed by atoms with Gasteiger partial charge in [0.25, 0.3) is 12.1 Å². The highest BCUT2D eigenvalue weighted by molar-refractivity contribution is 6.03. The summed E-state index contributed by atoms with van der Waals surface area (Å²) in [6, 6.07) is 14.6. The summed E-state index contributed by atoms with van der Waals surface area (Å²) >= 11 is 0. The fraction of sp³-hybridized carbons (Fsp3) is 0.0800. The molecule has 15 nitrogen and oxygen atoms in total. The number of hydrogen-bond acceptors (Lipinski definition) is 13. The van der Waals surface area contributed by atoms with Crippen molar-refractivity contribution in [3.8, 4) is 17.3 Å². The van der Waals surface area contributed by atoms with Crippen LogP contribution in [0.2, 0.25) is 0 Å². The third-order valence-electron chi connectivity index (χ3n) is 6.01. The molecule has 1 atom stereocenters. The number of rotatable bonds is 8. The fourth-order valence-corrected chi connectivity index (χ4v) is 4.14. The van der Waals surface area contributed by atoms with Gasteiger partial charge in [0.05, 0.1) is 23.4 Å². The van der Waals surface area contributed by atoms with Crippen LogP contribution >= 0.6 is 0 Å². The maximum absolute atomic E-state index is 6.16. The minimum atomic E-state index is -0.428. The van der Waals surface area contributed by atoms with Crippen LogP contribution in [0.3, 0.4) is 0 Å². The van der Waals surface area contributed by atoms with E-state index < -0.39 is 4.76 Å². The first-order valence-electron chi connectivity index (χ1n) is 12.2. The van der Waals surface area contributed by atoms with Gasteiger partial charge in [-0.15, -0.1) is 5.10 Å². The first kappa shape index (κ1) is 23.3. The van der Waals surface area contributed by atoms with Crippen LogP contribution < -0.4 is 21.6 Å². The number of nitrogens with one attached hydrogen (secondary N) is 1. The molecule has 2 aliphatic rings. The summed E-state index contributed by atoms with van der Waals surface area (Å²) in [5.41, 5.74) is 13.1. The van der Waals surface area contributed by atoms with Gasteiger partial charge in [0.2, 0.25) is 23.6 Å². The number of benzene rings is 1. The summed E-state index contributed by atoms with van der Waals surface area (Å²) in [4.78, 5) is 28.1. The predicted molar refractivity (Wildman–Crippen MR) is 144 cm³/mol. The number of aromatic nitrogens is 5. The second kappa shape index (κ2) is 9.17. The third-order valence-corrected chi connectivity index (χ3v) is 6.01. The van der Waals surface area contributed by atoms with Crippen molar-refractivity contribution in [3.63, 3.8) is 0 Å². The van der Waals surface area contributed by atoms with Crippen molar-refractivity contribution in [1.29, 1.82) is 0 Å². The number of hydrogen-bond donors (Lipinski definition) is 3. The molecule has 0 saturated heterocycles. The van der Waals surface area contributed by atoms with E-state index >= 15 is 0 Å². The molecule has 0 spiro atoms. The Hall–Kier alpha value is -5.83. The van der Waals surface area contributed by atoms with Gasteiger partial charge in [0.1, 0.15) is 0 Å². The van der Waals surface area contributed by atoms with Gasteiger partial charge in [-0.25, -0.2) is 0 Å². The maximum Gasteiger partial charge on any atom is 0.310 e. The molecule has 4 aromatic heterocycles. The molecule has 198 valence electrons. The van der Waals surface area contributed by atoms with Crippen molar-refractivity contribution in [1.82, 2.24) is 24.6 Å². The minimum absolute atomic E-state index is 0.160. The van der Waals surface area contributed by atoms with E-state index in [0.29, 0.717) is 59.4 Å². The van der Waals surface area contributed by atoms with Crippen molar-refractivity contribution < 1.29 is 18.4 Å². The highest BCUT2D eigenvalue weighted by Crippen LogP contribution is 2.30. The van der Waals surface area contributed by atoms with Crippen molar-refractivity contribution in [2.75, 3.05) is 17.6 Å². The fourth-order valence-electron chi connectivity index (χ4n) is 4.14. The molecule has 1 aromatic carbocycles. The average molecular weight is 538 g/mol. The number of quaternary nitrogens is 1. The van der Waals surface area contributed by atoms with Gasteiger partial charge >= 0.3 is 5.82 Å². The number of amidine groups is 2. The molecule has 1 unspecified atom stereocenters. The van der Waals surface area contributed by atoms with Crippen molar-refractivity contribution in [3.05, 3.63) is 84.3 Å². The zero-order valence-corrected chi connectivity index (χ0v) is 20.7. The Bertz CT molecular complexity index is 1820. The zero-order valence-electron chi connectivity index (χ0n) is 20.7. The van der Waals surface area contributed by atoms with E-state index in [4.69, 9.17) is 25.1 Å². The lowest BCUT2D eigenvalue weighted by Crippen LogP contribution is -2.44. The van der Waals surface area contributed by atoms with E-state index in [-0.39, 0.29) is 11.8 Å². The van der Waals surface area contributed by atoms with Gasteiger partial charge in [-0.1, -0.05) is 12.1 Å². The van der Waals surface area contributed by atoms with Crippen LogP contribution in [0.4, 0.5) is 11.9 Å². The Kier molecular flexibility index (Phi) is 5.34. The normalized spacial score (nSPS) is 17.9. The van der Waals surface area contributed by atoms with Crippen LogP contribution in [-0.2, 0) is 6.42 Å². The number of aliphatic imine (C=N–C) groups is 2. The van der Waals surface area contributed by atoms with E-state index in [2.05, 4.69) is 40.5 Å². The molecule has 6 heterocycles. The molecule has 15 heteroatoms. The van der Waals surface area contributed by atoms with Crippen LogP contribution in [0.1, 0.15) is 11.3 Å². The second-order valence-corrected chi connectivity index (χ2v) is 8.75. The molecular weight excluding hydrogens is 516 g/mol. The Morgan fingerprint density at radius 3 is 2.52 bits per heavy atom. The number of furan rings is 2. The smallest absolute Gasteiger partial charge is 0.310 e. The lowest BCUT2D eigenvalue weighted by molar-refractivity contribution is -0.973. The Labute approximate surface area is 225 Å². The summed E-state index contributed by atoms with van der Waals surface area (Å²) in [5, 5.41) is 11.9. The van der Waals surface area contributed by atoms with Gasteiger partial charge in [-0.3, -0.25) is 4.84 Å².